The zero-order valence-electron chi connectivity index (χ0n) is 8.66. The van der Waals surface area contributed by atoms with Gasteiger partial charge in [0, 0.05) is 0 Å². The van der Waals surface area contributed by atoms with E-state index in [0.717, 1.165) is 25.7 Å². The minimum atomic E-state index is -4.00. The van der Waals surface area contributed by atoms with Gasteiger partial charge in [-0.05, 0) is 12.8 Å². The van der Waals surface area contributed by atoms with Crippen LogP contribution in [0, 0.1) is 0 Å². The molecule has 0 atom stereocenters. The van der Waals surface area contributed by atoms with Crippen LogP contribution >= 0.6 is 7.82 Å². The van der Waals surface area contributed by atoms with E-state index >= 15 is 0 Å². The molecule has 0 aromatic heterocycles. The zero-order valence-corrected chi connectivity index (χ0v) is 10.6. The topological polar surface area (TPSA) is 58.6 Å². The molecular weight excluding hydrogens is 250 g/mol. The predicted molar refractivity (Wildman–Crippen MR) is 49.3 cm³/mol. The van der Waals surface area contributed by atoms with E-state index in [1.807, 2.05) is 13.8 Å². The average Bonchev–Trinajstić information content (AvgIpc) is 2.05. The molecule has 0 aliphatic rings. The first kappa shape index (κ1) is 17.0. The van der Waals surface area contributed by atoms with E-state index < -0.39 is 7.82 Å². The van der Waals surface area contributed by atoms with Crippen LogP contribution in [0.1, 0.15) is 39.5 Å². The summed E-state index contributed by atoms with van der Waals surface area (Å²) >= 11 is 0. The van der Waals surface area contributed by atoms with E-state index in [2.05, 4.69) is 9.05 Å². The number of phosphoric acid groups is 1. The summed E-state index contributed by atoms with van der Waals surface area (Å²) in [6.45, 7) is 4.39. The minimum Gasteiger partial charge on any atom is -0.756 e. The molecule has 0 spiro atoms. The van der Waals surface area contributed by atoms with Gasteiger partial charge in [-0.25, -0.2) is 0 Å². The van der Waals surface area contributed by atoms with Crippen LogP contribution in [0.2, 0.25) is 0 Å². The van der Waals surface area contributed by atoms with Gasteiger partial charge in [0.05, 0.1) is 13.2 Å². The monoisotopic (exact) mass is 268 g/mol. The minimum absolute atomic E-state index is 0. The van der Waals surface area contributed by atoms with Crippen LogP contribution in [-0.4, -0.2) is 13.2 Å². The Labute approximate surface area is 96.2 Å². The molecule has 0 rings (SSSR count). The summed E-state index contributed by atoms with van der Waals surface area (Å²) < 4.78 is 20.2. The zero-order chi connectivity index (χ0) is 10.2. The fraction of sp³-hybridized carbons (Fsp3) is 1.00. The molecule has 0 aliphatic carbocycles. The third-order valence-electron chi connectivity index (χ3n) is 1.49. The molecule has 0 aromatic carbocycles. The normalized spacial score (nSPS) is 11.1. The number of phosphoric ester groups is 1. The van der Waals surface area contributed by atoms with Gasteiger partial charge in [0.15, 0.2) is 0 Å². The van der Waals surface area contributed by atoms with E-state index in [1.165, 1.54) is 0 Å². The van der Waals surface area contributed by atoms with Gasteiger partial charge in [-0.1, -0.05) is 26.7 Å². The molecule has 4 nitrogen and oxygen atoms in total. The van der Waals surface area contributed by atoms with Gasteiger partial charge in [-0.2, -0.15) is 0 Å². The summed E-state index contributed by atoms with van der Waals surface area (Å²) in [5.74, 6) is 0. The molecule has 6 heteroatoms. The summed E-state index contributed by atoms with van der Waals surface area (Å²) in [5, 5.41) is 0. The van der Waals surface area contributed by atoms with Crippen LogP contribution in [0.4, 0.5) is 0 Å². The first-order valence-electron chi connectivity index (χ1n) is 4.72. The van der Waals surface area contributed by atoms with Crippen LogP contribution < -0.4 is 4.89 Å². The Kier molecular flexibility index (Phi) is 12.3. The maximum atomic E-state index is 11.0. The first-order chi connectivity index (χ1) is 6.12. The molecule has 0 amide bonds. The summed E-state index contributed by atoms with van der Waals surface area (Å²) in [7, 11) is -4.00. The van der Waals surface area contributed by atoms with Gasteiger partial charge in [-0.15, -0.1) is 0 Å². The maximum Gasteiger partial charge on any atom is 3.00 e. The third kappa shape index (κ3) is 10.7. The Morgan fingerprint density at radius 3 is 1.71 bits per heavy atom. The van der Waals surface area contributed by atoms with Crippen molar-refractivity contribution in [2.75, 3.05) is 13.2 Å². The Balaban J connectivity index is 0. The van der Waals surface area contributed by atoms with Gasteiger partial charge in [0.2, 0.25) is 0 Å². The van der Waals surface area contributed by atoms with Crippen molar-refractivity contribution in [3.63, 3.8) is 0 Å². The standard InChI is InChI=1S/C8H19O4P.Co/c1-3-5-7-11-13(9,10)12-8-6-4-2;/h3-8H2,1-2H3,(H,9,10);/q;+3/p-1. The number of hydrogen-bond acceptors (Lipinski definition) is 4. The third-order valence-corrected chi connectivity index (χ3v) is 2.49. The van der Waals surface area contributed by atoms with E-state index in [4.69, 9.17) is 0 Å². The van der Waals surface area contributed by atoms with E-state index in [1.54, 1.807) is 0 Å². The SMILES string of the molecule is CCCCOP(=O)([O-])OCCCC.[Co+3]. The molecule has 0 radical (unpaired) electrons. The van der Waals surface area contributed by atoms with E-state index in [0.29, 0.717) is 0 Å². The molecule has 0 saturated heterocycles. The fourth-order valence-electron chi connectivity index (χ4n) is 0.679. The molecule has 0 N–H and O–H groups in total. The van der Waals surface area contributed by atoms with Crippen molar-refractivity contribution in [3.05, 3.63) is 0 Å². The number of hydrogen-bond donors (Lipinski definition) is 0. The van der Waals surface area contributed by atoms with Crippen molar-refractivity contribution in [1.29, 1.82) is 0 Å². The van der Waals surface area contributed by atoms with Crippen LogP contribution in [0.25, 0.3) is 0 Å². The first-order valence-corrected chi connectivity index (χ1v) is 6.18. The summed E-state index contributed by atoms with van der Waals surface area (Å²) in [6, 6.07) is 0. The molecule has 0 bridgehead atoms. The molecule has 86 valence electrons. The molecular formula is C8H18CoO4P+2. The second-order valence-electron chi connectivity index (χ2n) is 2.82. The second-order valence-corrected chi connectivity index (χ2v) is 4.23. The van der Waals surface area contributed by atoms with Gasteiger partial charge in [0.25, 0.3) is 7.82 Å². The average molecular weight is 268 g/mol. The smallest absolute Gasteiger partial charge is 0.756 e. The van der Waals surface area contributed by atoms with Gasteiger partial charge in [-0.3, -0.25) is 4.57 Å². The van der Waals surface area contributed by atoms with Crippen LogP contribution in [0.15, 0.2) is 0 Å². The number of unbranched alkanes of at least 4 members (excludes halogenated alkanes) is 2. The summed E-state index contributed by atoms with van der Waals surface area (Å²) in [4.78, 5) is 11.0. The number of rotatable bonds is 8. The molecule has 0 unspecified atom stereocenters. The van der Waals surface area contributed by atoms with Crippen molar-refractivity contribution in [2.45, 2.75) is 39.5 Å². The van der Waals surface area contributed by atoms with Crippen molar-refractivity contribution in [3.8, 4) is 0 Å². The maximum absolute atomic E-state index is 11.0. The largest absolute Gasteiger partial charge is 3.00 e. The van der Waals surface area contributed by atoms with E-state index in [9.17, 15) is 9.46 Å². The van der Waals surface area contributed by atoms with Crippen molar-refractivity contribution >= 4 is 7.82 Å². The predicted octanol–water partition coefficient (Wildman–Crippen LogP) is 2.09. The van der Waals surface area contributed by atoms with Crippen LogP contribution in [-0.2, 0) is 30.4 Å². The van der Waals surface area contributed by atoms with Gasteiger partial charge in [0.1, 0.15) is 0 Å². The molecule has 0 aliphatic heterocycles. The van der Waals surface area contributed by atoms with Crippen molar-refractivity contribution < 1.29 is 35.3 Å². The Hall–Kier alpha value is 0.616. The Morgan fingerprint density at radius 1 is 1.07 bits per heavy atom. The second kappa shape index (κ2) is 10.1. The van der Waals surface area contributed by atoms with Gasteiger partial charge < -0.3 is 13.9 Å². The molecule has 0 heterocycles. The Bertz CT molecular complexity index is 151. The Morgan fingerprint density at radius 2 is 1.43 bits per heavy atom. The molecule has 0 fully saturated rings. The quantitative estimate of drug-likeness (QED) is 0.499. The van der Waals surface area contributed by atoms with Crippen LogP contribution in [0.3, 0.4) is 0 Å². The van der Waals surface area contributed by atoms with Crippen molar-refractivity contribution in [2.24, 2.45) is 0 Å². The van der Waals surface area contributed by atoms with E-state index in [-0.39, 0.29) is 30.0 Å². The molecule has 0 aromatic rings. The van der Waals surface area contributed by atoms with Crippen molar-refractivity contribution in [1.82, 2.24) is 0 Å². The molecule has 0 saturated carbocycles. The summed E-state index contributed by atoms with van der Waals surface area (Å²) in [5.41, 5.74) is 0. The molecule has 14 heavy (non-hydrogen) atoms. The summed E-state index contributed by atoms with van der Waals surface area (Å²) in [6.07, 6.45) is 3.30. The van der Waals surface area contributed by atoms with Crippen LogP contribution in [0.5, 0.6) is 0 Å². The van der Waals surface area contributed by atoms with Gasteiger partial charge >= 0.3 is 16.8 Å². The fourth-order valence-corrected chi connectivity index (χ4v) is 1.46.